The lowest BCUT2D eigenvalue weighted by Gasteiger charge is -2.37. The van der Waals surface area contributed by atoms with Gasteiger partial charge in [-0.1, -0.05) is 19.1 Å². The zero-order chi connectivity index (χ0) is 22.5. The third-order valence-electron chi connectivity index (χ3n) is 5.25. The minimum Gasteiger partial charge on any atom is -0.328 e. The van der Waals surface area contributed by atoms with Crippen LogP contribution in [-0.4, -0.2) is 52.4 Å². The van der Waals surface area contributed by atoms with Crippen molar-refractivity contribution in [1.82, 2.24) is 9.80 Å². The van der Waals surface area contributed by atoms with E-state index in [1.165, 1.54) is 28.9 Å². The molecule has 162 valence electrons. The molecule has 2 aromatic carbocycles. The normalized spacial score (nSPS) is 15.1. The lowest BCUT2D eigenvalue weighted by molar-refractivity contribution is -0.159. The Bertz CT molecular complexity index is 989. The minimum absolute atomic E-state index is 0.0769. The first-order valence-electron chi connectivity index (χ1n) is 10.1. The van der Waals surface area contributed by atoms with Gasteiger partial charge in [0.2, 0.25) is 5.91 Å². The Morgan fingerprint density at radius 2 is 1.65 bits per heavy atom. The van der Waals surface area contributed by atoms with Gasteiger partial charge in [-0.15, -0.1) is 0 Å². The number of Topliss-reactive ketones (excluding diaryl/α,β-unsaturated/α-hetero) is 1. The molecule has 0 aromatic heterocycles. The van der Waals surface area contributed by atoms with Gasteiger partial charge in [0.1, 0.15) is 11.9 Å². The molecule has 1 N–H and O–H groups in total. The number of nitrogens with one attached hydrogen (secondary N) is 1. The van der Waals surface area contributed by atoms with Gasteiger partial charge in [0.05, 0.1) is 0 Å². The van der Waals surface area contributed by atoms with E-state index >= 15 is 0 Å². The zero-order valence-electron chi connectivity index (χ0n) is 17.4. The highest BCUT2D eigenvalue weighted by molar-refractivity contribution is 6.35. The van der Waals surface area contributed by atoms with Crippen molar-refractivity contribution >= 4 is 29.2 Å². The number of carbonyl (C=O) groups is 4. The average Bonchev–Trinajstić information content (AvgIpc) is 2.75. The molecule has 0 aliphatic carbocycles. The monoisotopic (exact) mass is 425 g/mol. The standard InChI is InChI=1S/C23H24FN3O4/c1-3-20(21(29)25-19-10-6-17(7-11-19)15(2)28)27-13-12-26(22(30)23(27)31)14-16-4-8-18(24)9-5-16/h4-11,20H,3,12-14H2,1-2H3,(H,25,29). The van der Waals surface area contributed by atoms with E-state index in [-0.39, 0.29) is 31.2 Å². The molecule has 3 rings (SSSR count). The van der Waals surface area contributed by atoms with Gasteiger partial charge in [-0.3, -0.25) is 19.2 Å². The predicted molar refractivity (Wildman–Crippen MR) is 113 cm³/mol. The number of anilines is 1. The van der Waals surface area contributed by atoms with Crippen LogP contribution in [0.2, 0.25) is 0 Å². The summed E-state index contributed by atoms with van der Waals surface area (Å²) in [7, 11) is 0. The fraction of sp³-hybridized carbons (Fsp3) is 0.304. The van der Waals surface area contributed by atoms with Crippen molar-refractivity contribution in [3.05, 3.63) is 65.5 Å². The van der Waals surface area contributed by atoms with Crippen LogP contribution in [0.25, 0.3) is 0 Å². The van der Waals surface area contributed by atoms with Gasteiger partial charge in [0.25, 0.3) is 0 Å². The molecule has 2 aromatic rings. The van der Waals surface area contributed by atoms with Crippen molar-refractivity contribution < 1.29 is 23.6 Å². The Morgan fingerprint density at radius 1 is 1.00 bits per heavy atom. The number of piperazine rings is 1. The fourth-order valence-electron chi connectivity index (χ4n) is 3.51. The van der Waals surface area contributed by atoms with Gasteiger partial charge in [-0.25, -0.2) is 4.39 Å². The van der Waals surface area contributed by atoms with E-state index in [9.17, 15) is 23.6 Å². The first-order valence-corrected chi connectivity index (χ1v) is 10.1. The van der Waals surface area contributed by atoms with E-state index in [4.69, 9.17) is 0 Å². The predicted octanol–water partition coefficient (Wildman–Crippen LogP) is 2.62. The van der Waals surface area contributed by atoms with Crippen LogP contribution in [0.3, 0.4) is 0 Å². The van der Waals surface area contributed by atoms with E-state index < -0.39 is 23.8 Å². The molecule has 1 saturated heterocycles. The van der Waals surface area contributed by atoms with Crippen molar-refractivity contribution in [2.45, 2.75) is 32.9 Å². The number of ketones is 1. The molecule has 0 spiro atoms. The molecule has 3 amide bonds. The van der Waals surface area contributed by atoms with Crippen molar-refractivity contribution in [3.63, 3.8) is 0 Å². The number of halogens is 1. The maximum Gasteiger partial charge on any atom is 0.312 e. The number of benzene rings is 2. The van der Waals surface area contributed by atoms with Gasteiger partial charge >= 0.3 is 11.8 Å². The van der Waals surface area contributed by atoms with Crippen LogP contribution in [0.1, 0.15) is 36.2 Å². The smallest absolute Gasteiger partial charge is 0.312 e. The molecule has 1 heterocycles. The number of hydrogen-bond donors (Lipinski definition) is 1. The largest absolute Gasteiger partial charge is 0.328 e. The maximum atomic E-state index is 13.1. The van der Waals surface area contributed by atoms with E-state index in [1.54, 1.807) is 43.3 Å². The highest BCUT2D eigenvalue weighted by atomic mass is 19.1. The van der Waals surface area contributed by atoms with Crippen LogP contribution in [0, 0.1) is 5.82 Å². The van der Waals surface area contributed by atoms with Crippen LogP contribution in [0.15, 0.2) is 48.5 Å². The molecule has 0 saturated carbocycles. The molecule has 31 heavy (non-hydrogen) atoms. The van der Waals surface area contributed by atoms with Gasteiger partial charge in [0, 0.05) is 30.9 Å². The second-order valence-electron chi connectivity index (χ2n) is 7.40. The van der Waals surface area contributed by atoms with E-state index in [0.717, 1.165) is 5.56 Å². The van der Waals surface area contributed by atoms with Crippen LogP contribution in [0.4, 0.5) is 10.1 Å². The summed E-state index contributed by atoms with van der Waals surface area (Å²) in [4.78, 5) is 52.2. The minimum atomic E-state index is -0.795. The average molecular weight is 425 g/mol. The summed E-state index contributed by atoms with van der Waals surface area (Å²) in [6, 6.07) is 11.4. The van der Waals surface area contributed by atoms with Crippen molar-refractivity contribution in [1.29, 1.82) is 0 Å². The SMILES string of the molecule is CCC(C(=O)Nc1ccc(C(C)=O)cc1)N1CCN(Cc2ccc(F)cc2)C(=O)C1=O. The number of hydrogen-bond acceptors (Lipinski definition) is 4. The molecular formula is C23H24FN3O4. The number of rotatable bonds is 7. The van der Waals surface area contributed by atoms with Crippen LogP contribution in [0.5, 0.6) is 0 Å². The van der Waals surface area contributed by atoms with Crippen LogP contribution >= 0.6 is 0 Å². The van der Waals surface area contributed by atoms with Crippen LogP contribution in [-0.2, 0) is 20.9 Å². The molecule has 8 heteroatoms. The number of amides is 3. The molecule has 0 radical (unpaired) electrons. The molecule has 1 fully saturated rings. The molecule has 1 unspecified atom stereocenters. The van der Waals surface area contributed by atoms with Crippen molar-refractivity contribution in [2.24, 2.45) is 0 Å². The topological polar surface area (TPSA) is 86.8 Å². The van der Waals surface area contributed by atoms with Gasteiger partial charge in [0.15, 0.2) is 5.78 Å². The Morgan fingerprint density at radius 3 is 2.23 bits per heavy atom. The summed E-state index contributed by atoms with van der Waals surface area (Å²) in [5.74, 6) is -2.27. The Hall–Kier alpha value is -3.55. The summed E-state index contributed by atoms with van der Waals surface area (Å²) in [5.41, 5.74) is 1.75. The van der Waals surface area contributed by atoms with Gasteiger partial charge < -0.3 is 15.1 Å². The molecule has 7 nitrogen and oxygen atoms in total. The highest BCUT2D eigenvalue weighted by Gasteiger charge is 2.38. The van der Waals surface area contributed by atoms with Crippen molar-refractivity contribution in [2.75, 3.05) is 18.4 Å². The maximum absolute atomic E-state index is 13.1. The Kier molecular flexibility index (Phi) is 6.79. The zero-order valence-corrected chi connectivity index (χ0v) is 17.4. The molecule has 1 atom stereocenters. The lowest BCUT2D eigenvalue weighted by atomic mass is 10.1. The summed E-state index contributed by atoms with van der Waals surface area (Å²) < 4.78 is 13.1. The summed E-state index contributed by atoms with van der Waals surface area (Å²) in [5, 5.41) is 2.74. The van der Waals surface area contributed by atoms with E-state index in [2.05, 4.69) is 5.32 Å². The number of nitrogens with zero attached hydrogens (tertiary/aromatic N) is 2. The highest BCUT2D eigenvalue weighted by Crippen LogP contribution is 2.17. The van der Waals surface area contributed by atoms with E-state index in [1.807, 2.05) is 0 Å². The molecule has 1 aliphatic heterocycles. The van der Waals surface area contributed by atoms with Gasteiger partial charge in [-0.2, -0.15) is 0 Å². The third kappa shape index (κ3) is 5.14. The second kappa shape index (κ2) is 9.51. The first-order chi connectivity index (χ1) is 14.8. The second-order valence-corrected chi connectivity index (χ2v) is 7.40. The summed E-state index contributed by atoms with van der Waals surface area (Å²) in [6.07, 6.45) is 0.342. The Balaban J connectivity index is 1.65. The summed E-state index contributed by atoms with van der Waals surface area (Å²) >= 11 is 0. The van der Waals surface area contributed by atoms with Crippen LogP contribution < -0.4 is 5.32 Å². The molecule has 1 aliphatic rings. The third-order valence-corrected chi connectivity index (χ3v) is 5.25. The quantitative estimate of drug-likeness (QED) is 0.546. The van der Waals surface area contributed by atoms with Gasteiger partial charge in [-0.05, 0) is 55.3 Å². The van der Waals surface area contributed by atoms with E-state index in [0.29, 0.717) is 17.7 Å². The van der Waals surface area contributed by atoms with Crippen molar-refractivity contribution in [3.8, 4) is 0 Å². The molecular weight excluding hydrogens is 401 g/mol. The number of carbonyl (C=O) groups excluding carboxylic acids is 4. The fourth-order valence-corrected chi connectivity index (χ4v) is 3.51. The Labute approximate surface area is 179 Å². The first kappa shape index (κ1) is 22.1. The summed E-state index contributed by atoms with van der Waals surface area (Å²) in [6.45, 7) is 3.93. The molecule has 0 bridgehead atoms. The lowest BCUT2D eigenvalue weighted by Crippen LogP contribution is -2.59.